The third-order valence-corrected chi connectivity index (χ3v) is 4.74. The SMILES string of the molecule is COc1ccc(-c2ccc(=O)n(CCNC(=O)COc3ccc(NC(C)=O)cc3)n2)cc1OC. The van der Waals surface area contributed by atoms with Gasteiger partial charge in [0.2, 0.25) is 5.91 Å². The predicted molar refractivity (Wildman–Crippen MR) is 126 cm³/mol. The lowest BCUT2D eigenvalue weighted by atomic mass is 10.1. The van der Waals surface area contributed by atoms with E-state index in [0.717, 1.165) is 5.56 Å². The van der Waals surface area contributed by atoms with Crippen molar-refractivity contribution in [1.29, 1.82) is 0 Å². The second-order valence-electron chi connectivity index (χ2n) is 7.19. The summed E-state index contributed by atoms with van der Waals surface area (Å²) in [6.07, 6.45) is 0. The minimum atomic E-state index is -0.338. The Kier molecular flexibility index (Phi) is 8.22. The topological polar surface area (TPSA) is 121 Å². The highest BCUT2D eigenvalue weighted by atomic mass is 16.5. The summed E-state index contributed by atoms with van der Waals surface area (Å²) < 4.78 is 17.3. The first kappa shape index (κ1) is 24.3. The van der Waals surface area contributed by atoms with E-state index in [9.17, 15) is 14.4 Å². The summed E-state index contributed by atoms with van der Waals surface area (Å²) in [7, 11) is 3.10. The molecular formula is C24H26N4O6. The first-order valence-corrected chi connectivity index (χ1v) is 10.5. The Hall–Kier alpha value is -4.34. The molecule has 0 fully saturated rings. The van der Waals surface area contributed by atoms with E-state index in [4.69, 9.17) is 14.2 Å². The zero-order valence-electron chi connectivity index (χ0n) is 19.2. The van der Waals surface area contributed by atoms with Crippen LogP contribution in [0.4, 0.5) is 5.69 Å². The third kappa shape index (κ3) is 6.58. The van der Waals surface area contributed by atoms with Crippen molar-refractivity contribution in [3.05, 3.63) is 65.0 Å². The van der Waals surface area contributed by atoms with Crippen molar-refractivity contribution in [2.75, 3.05) is 32.7 Å². The van der Waals surface area contributed by atoms with E-state index in [-0.39, 0.29) is 37.1 Å². The van der Waals surface area contributed by atoms with Gasteiger partial charge in [-0.25, -0.2) is 4.68 Å². The van der Waals surface area contributed by atoms with Crippen LogP contribution in [0.25, 0.3) is 11.3 Å². The zero-order valence-corrected chi connectivity index (χ0v) is 19.2. The van der Waals surface area contributed by atoms with Gasteiger partial charge in [0, 0.05) is 30.8 Å². The Labute approximate surface area is 196 Å². The molecule has 2 amide bonds. The van der Waals surface area contributed by atoms with E-state index >= 15 is 0 Å². The standard InChI is InChI=1S/C24H26N4O6/c1-16(29)26-18-5-7-19(8-6-18)34-15-23(30)25-12-13-28-24(31)11-9-20(27-28)17-4-10-21(32-2)22(14-17)33-3/h4-11,14H,12-13,15H2,1-3H3,(H,25,30)(H,26,29). The minimum absolute atomic E-state index is 0.170. The zero-order chi connectivity index (χ0) is 24.5. The van der Waals surface area contributed by atoms with E-state index in [1.54, 1.807) is 56.7 Å². The molecule has 178 valence electrons. The molecule has 0 aliphatic rings. The van der Waals surface area contributed by atoms with E-state index in [2.05, 4.69) is 15.7 Å². The van der Waals surface area contributed by atoms with Crippen LogP contribution in [0.3, 0.4) is 0 Å². The van der Waals surface area contributed by atoms with Crippen LogP contribution in [0.1, 0.15) is 6.92 Å². The van der Waals surface area contributed by atoms with Crippen LogP contribution in [0.2, 0.25) is 0 Å². The van der Waals surface area contributed by atoms with E-state index < -0.39 is 0 Å². The number of hydrogen-bond donors (Lipinski definition) is 2. The number of amides is 2. The Morgan fingerprint density at radius 2 is 1.71 bits per heavy atom. The van der Waals surface area contributed by atoms with Crippen molar-refractivity contribution in [2.45, 2.75) is 13.5 Å². The van der Waals surface area contributed by atoms with Crippen molar-refractivity contribution in [2.24, 2.45) is 0 Å². The molecule has 2 aromatic carbocycles. The lowest BCUT2D eigenvalue weighted by molar-refractivity contribution is -0.123. The number of methoxy groups -OCH3 is 2. The molecular weight excluding hydrogens is 440 g/mol. The molecule has 34 heavy (non-hydrogen) atoms. The fourth-order valence-electron chi connectivity index (χ4n) is 3.10. The average Bonchev–Trinajstić information content (AvgIpc) is 2.84. The normalized spacial score (nSPS) is 10.3. The van der Waals surface area contributed by atoms with Gasteiger partial charge in [0.15, 0.2) is 18.1 Å². The molecule has 0 aliphatic carbocycles. The van der Waals surface area contributed by atoms with Gasteiger partial charge in [-0.1, -0.05) is 0 Å². The number of ether oxygens (including phenoxy) is 3. The van der Waals surface area contributed by atoms with Crippen molar-refractivity contribution >= 4 is 17.5 Å². The number of rotatable bonds is 10. The molecule has 0 unspecified atom stereocenters. The number of aromatic nitrogens is 2. The fraction of sp³-hybridized carbons (Fsp3) is 0.250. The van der Waals surface area contributed by atoms with Crippen molar-refractivity contribution in [3.63, 3.8) is 0 Å². The molecule has 0 aliphatic heterocycles. The summed E-state index contributed by atoms with van der Waals surface area (Å²) in [5.74, 6) is 1.13. The molecule has 0 bridgehead atoms. The Morgan fingerprint density at radius 1 is 0.971 bits per heavy atom. The van der Waals surface area contributed by atoms with E-state index in [1.165, 1.54) is 17.7 Å². The molecule has 3 rings (SSSR count). The van der Waals surface area contributed by atoms with Crippen molar-refractivity contribution in [3.8, 4) is 28.5 Å². The van der Waals surface area contributed by atoms with Gasteiger partial charge in [-0.15, -0.1) is 0 Å². The maximum atomic E-state index is 12.2. The summed E-state index contributed by atoms with van der Waals surface area (Å²) >= 11 is 0. The van der Waals surface area contributed by atoms with Gasteiger partial charge in [0.25, 0.3) is 11.5 Å². The van der Waals surface area contributed by atoms with Crippen LogP contribution in [-0.2, 0) is 16.1 Å². The number of nitrogens with zero attached hydrogens (tertiary/aromatic N) is 2. The number of anilines is 1. The van der Waals surface area contributed by atoms with Crippen molar-refractivity contribution < 1.29 is 23.8 Å². The highest BCUT2D eigenvalue weighted by Crippen LogP contribution is 2.31. The highest BCUT2D eigenvalue weighted by Gasteiger charge is 2.09. The minimum Gasteiger partial charge on any atom is -0.493 e. The van der Waals surface area contributed by atoms with Crippen LogP contribution >= 0.6 is 0 Å². The van der Waals surface area contributed by atoms with Gasteiger partial charge in [0.1, 0.15) is 5.75 Å². The number of benzene rings is 2. The van der Waals surface area contributed by atoms with Gasteiger partial charge in [-0.3, -0.25) is 14.4 Å². The maximum Gasteiger partial charge on any atom is 0.266 e. The van der Waals surface area contributed by atoms with Crippen LogP contribution in [0, 0.1) is 0 Å². The molecule has 3 aromatic rings. The third-order valence-electron chi connectivity index (χ3n) is 4.74. The summed E-state index contributed by atoms with van der Waals surface area (Å²) in [5.41, 5.74) is 1.69. The quantitative estimate of drug-likeness (QED) is 0.469. The average molecular weight is 466 g/mol. The van der Waals surface area contributed by atoms with Crippen molar-refractivity contribution in [1.82, 2.24) is 15.1 Å². The van der Waals surface area contributed by atoms with Gasteiger partial charge >= 0.3 is 0 Å². The van der Waals surface area contributed by atoms with Crippen LogP contribution in [0.5, 0.6) is 17.2 Å². The second-order valence-corrected chi connectivity index (χ2v) is 7.19. The molecule has 10 heteroatoms. The Balaban J connectivity index is 1.54. The van der Waals surface area contributed by atoms with Gasteiger partial charge < -0.3 is 24.8 Å². The number of carbonyl (C=O) groups excluding carboxylic acids is 2. The van der Waals surface area contributed by atoms with Gasteiger partial charge in [-0.2, -0.15) is 5.10 Å². The fourth-order valence-corrected chi connectivity index (χ4v) is 3.10. The van der Waals surface area contributed by atoms with Crippen LogP contribution in [0.15, 0.2) is 59.4 Å². The Morgan fingerprint density at radius 3 is 2.38 bits per heavy atom. The largest absolute Gasteiger partial charge is 0.493 e. The summed E-state index contributed by atoms with van der Waals surface area (Å²) in [6, 6.07) is 15.1. The van der Waals surface area contributed by atoms with E-state index in [0.29, 0.717) is 28.6 Å². The number of carbonyl (C=O) groups is 2. The first-order chi connectivity index (χ1) is 16.4. The molecule has 1 heterocycles. The monoisotopic (exact) mass is 466 g/mol. The predicted octanol–water partition coefficient (Wildman–Crippen LogP) is 2.08. The molecule has 0 spiro atoms. The lowest BCUT2D eigenvalue weighted by Gasteiger charge is -2.11. The van der Waals surface area contributed by atoms with Crippen LogP contribution < -0.4 is 30.4 Å². The second kappa shape index (κ2) is 11.5. The summed E-state index contributed by atoms with van der Waals surface area (Å²) in [5, 5.41) is 9.74. The molecule has 0 saturated carbocycles. The Bertz CT molecular complexity index is 1210. The van der Waals surface area contributed by atoms with Gasteiger partial charge in [-0.05, 0) is 48.5 Å². The first-order valence-electron chi connectivity index (χ1n) is 10.5. The highest BCUT2D eigenvalue weighted by molar-refractivity contribution is 5.88. The number of nitrogens with one attached hydrogen (secondary N) is 2. The smallest absolute Gasteiger partial charge is 0.266 e. The summed E-state index contributed by atoms with van der Waals surface area (Å²) in [6.45, 7) is 1.63. The maximum absolute atomic E-state index is 12.2. The molecule has 0 radical (unpaired) electrons. The molecule has 10 nitrogen and oxygen atoms in total. The molecule has 2 N–H and O–H groups in total. The molecule has 1 aromatic heterocycles. The molecule has 0 atom stereocenters. The summed E-state index contributed by atoms with van der Waals surface area (Å²) in [4.78, 5) is 35.3. The number of hydrogen-bond acceptors (Lipinski definition) is 7. The molecule has 0 saturated heterocycles. The van der Waals surface area contributed by atoms with Gasteiger partial charge in [0.05, 0.1) is 26.5 Å². The van der Waals surface area contributed by atoms with E-state index in [1.807, 2.05) is 6.07 Å². The lowest BCUT2D eigenvalue weighted by Crippen LogP contribution is -2.34. The van der Waals surface area contributed by atoms with Crippen LogP contribution in [-0.4, -0.2) is 49.0 Å².